The lowest BCUT2D eigenvalue weighted by atomic mass is 9.80. The topological polar surface area (TPSA) is 12.9 Å². The van der Waals surface area contributed by atoms with E-state index in [1.807, 2.05) is 0 Å². The van der Waals surface area contributed by atoms with Crippen LogP contribution in [0.2, 0.25) is 0 Å². The molecule has 0 radical (unpaired) electrons. The van der Waals surface area contributed by atoms with Gasteiger partial charge in [-0.05, 0) is 183 Å². The highest BCUT2D eigenvalue weighted by Gasteiger charge is 2.37. The Morgan fingerprint density at radius 3 is 0.852 bits per heavy atom. The maximum Gasteiger partial charge on any atom is 0.0708 e. The molecule has 18 rings (SSSR count). The molecule has 1 heterocycles. The largest absolute Gasteiger partial charge is 0.256 e. The van der Waals surface area contributed by atoms with E-state index < -0.39 is 0 Å². The monoisotopic (exact) mass is 1120 g/mol. The quantitative estimate of drug-likeness (QED) is 0.119. The minimum atomic E-state index is -0.0985. The molecule has 0 fully saturated rings. The fraction of sp³-hybridized carbons (Fsp3) is 0.0690. The first-order valence-electron chi connectivity index (χ1n) is 31.0. The van der Waals surface area contributed by atoms with E-state index in [1.165, 1.54) is 165 Å². The molecule has 0 saturated carbocycles. The van der Waals surface area contributed by atoms with Crippen molar-refractivity contribution in [2.45, 2.75) is 38.5 Å². The third kappa shape index (κ3) is 7.19. The maximum absolute atomic E-state index is 5.22. The van der Waals surface area contributed by atoms with Gasteiger partial charge in [0.1, 0.15) is 0 Å². The second kappa shape index (κ2) is 18.9. The molecule has 0 bridgehead atoms. The van der Waals surface area contributed by atoms with Gasteiger partial charge in [0.05, 0.1) is 5.52 Å². The predicted octanol–water partition coefficient (Wildman–Crippen LogP) is 23.8. The average Bonchev–Trinajstić information content (AvgIpc) is 1.60. The summed E-state index contributed by atoms with van der Waals surface area (Å²) in [6, 6.07) is 105. The van der Waals surface area contributed by atoms with Crippen LogP contribution in [0.3, 0.4) is 0 Å². The van der Waals surface area contributed by atoms with E-state index in [-0.39, 0.29) is 10.8 Å². The normalized spacial score (nSPS) is 13.6. The van der Waals surface area contributed by atoms with Gasteiger partial charge in [0.25, 0.3) is 0 Å². The number of hydrogen-bond donors (Lipinski definition) is 0. The fourth-order valence-electron chi connectivity index (χ4n) is 16.2. The average molecular weight is 1120 g/mol. The van der Waals surface area contributed by atoms with Crippen molar-refractivity contribution >= 4 is 75.5 Å². The molecule has 0 aliphatic heterocycles. The van der Waals surface area contributed by atoms with Crippen molar-refractivity contribution in [3.8, 4) is 89.0 Å². The predicted molar refractivity (Wildman–Crippen MR) is 375 cm³/mol. The minimum Gasteiger partial charge on any atom is -0.256 e. The minimum absolute atomic E-state index is 0.0981. The standard InChI is InChI=1S/C87H59N/c1-86(2)74-34-18-15-21-58(74)60-47-45-56(49-76(60)86)82-66-27-9-5-23-62(66)79(63-24-6-10-28-67(63)82)52-37-39-54(40-38-52)81-70-31-13-14-32-71(70)84(85-72-33-17-20-36-78(72)88-51-73(81)85)55-43-41-53(42-44-55)80-64-25-7-11-29-68(64)83(69-30-12-8-26-65(69)80)57-46-48-61-59-22-16-19-35-75(59)87(3,4)77(61)50-57/h5-51H,1-4H3. The molecule has 2 aliphatic rings. The lowest BCUT2D eigenvalue weighted by Gasteiger charge is -2.23. The van der Waals surface area contributed by atoms with Gasteiger partial charge in [0, 0.05) is 33.2 Å². The van der Waals surface area contributed by atoms with Crippen LogP contribution in [0.25, 0.3) is 165 Å². The summed E-state index contributed by atoms with van der Waals surface area (Å²) < 4.78 is 0. The summed E-state index contributed by atoms with van der Waals surface area (Å²) in [5.41, 5.74) is 26.4. The highest BCUT2D eigenvalue weighted by molar-refractivity contribution is 6.28. The second-order valence-electron chi connectivity index (χ2n) is 25.6. The molecule has 0 spiro atoms. The number of pyridine rings is 1. The Balaban J connectivity index is 0.773. The van der Waals surface area contributed by atoms with Crippen molar-refractivity contribution < 1.29 is 0 Å². The molecule has 88 heavy (non-hydrogen) atoms. The molecule has 0 unspecified atom stereocenters. The molecular formula is C87H59N. The van der Waals surface area contributed by atoms with E-state index in [1.54, 1.807) is 0 Å². The Morgan fingerprint density at radius 2 is 0.477 bits per heavy atom. The van der Waals surface area contributed by atoms with E-state index in [9.17, 15) is 0 Å². The van der Waals surface area contributed by atoms with E-state index in [0.717, 1.165) is 21.9 Å². The van der Waals surface area contributed by atoms with Crippen LogP contribution < -0.4 is 0 Å². The molecule has 412 valence electrons. The Kier molecular flexibility index (Phi) is 10.9. The van der Waals surface area contributed by atoms with Crippen molar-refractivity contribution in [2.24, 2.45) is 0 Å². The van der Waals surface area contributed by atoms with Crippen molar-refractivity contribution in [2.75, 3.05) is 0 Å². The van der Waals surface area contributed by atoms with Crippen LogP contribution in [0.1, 0.15) is 49.9 Å². The Morgan fingerprint density at radius 1 is 0.216 bits per heavy atom. The Hall–Kier alpha value is -10.7. The van der Waals surface area contributed by atoms with Crippen LogP contribution >= 0.6 is 0 Å². The second-order valence-corrected chi connectivity index (χ2v) is 25.6. The Bertz CT molecular complexity index is 5550. The van der Waals surface area contributed by atoms with Crippen molar-refractivity contribution in [1.29, 1.82) is 0 Å². The van der Waals surface area contributed by atoms with Gasteiger partial charge >= 0.3 is 0 Å². The van der Waals surface area contributed by atoms with Crippen LogP contribution in [-0.2, 0) is 10.8 Å². The molecule has 2 aliphatic carbocycles. The molecule has 1 heteroatoms. The van der Waals surface area contributed by atoms with Crippen molar-refractivity contribution in [3.63, 3.8) is 0 Å². The molecule has 1 nitrogen and oxygen atoms in total. The fourth-order valence-corrected chi connectivity index (χ4v) is 16.2. The van der Waals surface area contributed by atoms with Gasteiger partial charge in [0.2, 0.25) is 0 Å². The van der Waals surface area contributed by atoms with E-state index >= 15 is 0 Å². The highest BCUT2D eigenvalue weighted by atomic mass is 14.7. The van der Waals surface area contributed by atoms with E-state index in [4.69, 9.17) is 4.98 Å². The zero-order valence-electron chi connectivity index (χ0n) is 49.6. The summed E-state index contributed by atoms with van der Waals surface area (Å²) in [7, 11) is 0. The highest BCUT2D eigenvalue weighted by Crippen LogP contribution is 2.55. The zero-order chi connectivity index (χ0) is 58.6. The lowest BCUT2D eigenvalue weighted by Crippen LogP contribution is -2.14. The summed E-state index contributed by atoms with van der Waals surface area (Å²) >= 11 is 0. The number of rotatable bonds is 6. The van der Waals surface area contributed by atoms with Gasteiger partial charge < -0.3 is 0 Å². The van der Waals surface area contributed by atoms with Gasteiger partial charge in [-0.2, -0.15) is 0 Å². The number of para-hydroxylation sites is 1. The molecule has 0 amide bonds. The van der Waals surface area contributed by atoms with Gasteiger partial charge in [-0.15, -0.1) is 0 Å². The van der Waals surface area contributed by atoms with Crippen molar-refractivity contribution in [1.82, 2.24) is 4.98 Å². The van der Waals surface area contributed by atoms with Crippen LogP contribution in [0.4, 0.5) is 0 Å². The first-order chi connectivity index (χ1) is 43.2. The van der Waals surface area contributed by atoms with Crippen LogP contribution in [-0.4, -0.2) is 4.98 Å². The Labute approximate surface area is 512 Å². The first-order valence-corrected chi connectivity index (χ1v) is 31.0. The van der Waals surface area contributed by atoms with Gasteiger partial charge in [0.15, 0.2) is 0 Å². The zero-order valence-corrected chi connectivity index (χ0v) is 49.6. The van der Waals surface area contributed by atoms with Crippen molar-refractivity contribution in [3.05, 3.63) is 308 Å². The number of nitrogens with zero attached hydrogens (tertiary/aromatic N) is 1. The first kappa shape index (κ1) is 50.6. The molecule has 0 N–H and O–H groups in total. The third-order valence-corrected chi connectivity index (χ3v) is 20.3. The van der Waals surface area contributed by atoms with Gasteiger partial charge in [-0.1, -0.05) is 289 Å². The molecule has 16 aromatic rings. The molecule has 15 aromatic carbocycles. The molecule has 1 aromatic heterocycles. The van der Waals surface area contributed by atoms with Crippen LogP contribution in [0.15, 0.2) is 285 Å². The number of hydrogen-bond acceptors (Lipinski definition) is 1. The number of aromatic nitrogens is 1. The molecule has 0 atom stereocenters. The van der Waals surface area contributed by atoms with Crippen LogP contribution in [0.5, 0.6) is 0 Å². The van der Waals surface area contributed by atoms with E-state index in [2.05, 4.69) is 313 Å². The third-order valence-electron chi connectivity index (χ3n) is 20.3. The lowest BCUT2D eigenvalue weighted by molar-refractivity contribution is 0.660. The van der Waals surface area contributed by atoms with Gasteiger partial charge in [-0.3, -0.25) is 4.98 Å². The SMILES string of the molecule is CC1(C)c2ccccc2-c2ccc(-c3c4ccccc4c(-c4ccc(-c5c6ccccc6c(-c6ccc(-c7c8ccccc8c(-c8ccc9c(c8)C(C)(C)c8ccccc8-9)c8ccccc78)cc6)c6c5cnc5ccccc56)cc4)c4ccccc34)cc21. The summed E-state index contributed by atoms with van der Waals surface area (Å²) in [4.78, 5) is 5.22. The molecule has 0 saturated heterocycles. The molecular weight excluding hydrogens is 1060 g/mol. The summed E-state index contributed by atoms with van der Waals surface area (Å²) in [5.74, 6) is 0. The van der Waals surface area contributed by atoms with Gasteiger partial charge in [-0.25, -0.2) is 0 Å². The van der Waals surface area contributed by atoms with E-state index in [0.29, 0.717) is 0 Å². The summed E-state index contributed by atoms with van der Waals surface area (Å²) in [6.45, 7) is 9.50. The summed E-state index contributed by atoms with van der Waals surface area (Å²) in [6.07, 6.45) is 2.13. The smallest absolute Gasteiger partial charge is 0.0708 e. The van der Waals surface area contributed by atoms with Crippen LogP contribution in [0, 0.1) is 0 Å². The number of fused-ring (bicyclic) bond motifs is 14. The number of benzene rings is 15. The maximum atomic E-state index is 5.22. The summed E-state index contributed by atoms with van der Waals surface area (Å²) in [5, 5.41) is 15.9.